The van der Waals surface area contributed by atoms with E-state index in [1.165, 1.54) is 25.7 Å². The molecular formula is C12H25NO2. The van der Waals surface area contributed by atoms with Gasteiger partial charge < -0.3 is 15.6 Å². The van der Waals surface area contributed by atoms with E-state index in [0.717, 1.165) is 32.3 Å². The van der Waals surface area contributed by atoms with Gasteiger partial charge in [0.1, 0.15) is 0 Å². The van der Waals surface area contributed by atoms with Crippen LogP contribution in [0.1, 0.15) is 51.4 Å². The van der Waals surface area contributed by atoms with Crippen LogP contribution in [-0.2, 0) is 4.74 Å². The second kappa shape index (κ2) is 7.20. The highest BCUT2D eigenvalue weighted by Gasteiger charge is 2.29. The normalized spacial score (nSPS) is 21.2. The van der Waals surface area contributed by atoms with Crippen molar-refractivity contribution in [1.82, 2.24) is 0 Å². The molecule has 1 saturated carbocycles. The van der Waals surface area contributed by atoms with Gasteiger partial charge in [-0.3, -0.25) is 0 Å². The molecule has 3 nitrogen and oxygen atoms in total. The van der Waals surface area contributed by atoms with E-state index >= 15 is 0 Å². The molecule has 3 heteroatoms. The van der Waals surface area contributed by atoms with Gasteiger partial charge in [0, 0.05) is 19.8 Å². The summed E-state index contributed by atoms with van der Waals surface area (Å²) in [5, 5.41) is 8.69. The summed E-state index contributed by atoms with van der Waals surface area (Å²) in [5.41, 5.74) is 5.80. The minimum Gasteiger partial charge on any atom is -0.396 e. The quantitative estimate of drug-likeness (QED) is 0.525. The van der Waals surface area contributed by atoms with Gasteiger partial charge in [0.15, 0.2) is 0 Å². The maximum absolute atomic E-state index is 8.69. The van der Waals surface area contributed by atoms with Crippen LogP contribution in [0.15, 0.2) is 0 Å². The number of nitrogens with two attached hydrogens (primary N) is 1. The number of rotatable bonds is 6. The lowest BCUT2D eigenvalue weighted by atomic mass is 9.94. The first-order chi connectivity index (χ1) is 7.33. The van der Waals surface area contributed by atoms with E-state index in [9.17, 15) is 0 Å². The first-order valence-corrected chi connectivity index (χ1v) is 6.28. The monoisotopic (exact) mass is 215 g/mol. The maximum Gasteiger partial charge on any atom is 0.0804 e. The van der Waals surface area contributed by atoms with Crippen molar-refractivity contribution in [3.63, 3.8) is 0 Å². The Morgan fingerprint density at radius 3 is 2.27 bits per heavy atom. The predicted octanol–water partition coefficient (Wildman–Crippen LogP) is 1.83. The van der Waals surface area contributed by atoms with Crippen LogP contribution in [0.25, 0.3) is 0 Å². The number of aliphatic hydroxyl groups excluding tert-OH is 1. The van der Waals surface area contributed by atoms with Crippen LogP contribution in [-0.4, -0.2) is 30.5 Å². The molecule has 0 aromatic heterocycles. The molecule has 0 aliphatic heterocycles. The third kappa shape index (κ3) is 4.49. The molecule has 1 aliphatic rings. The van der Waals surface area contributed by atoms with Gasteiger partial charge in [-0.2, -0.15) is 0 Å². The van der Waals surface area contributed by atoms with Crippen LogP contribution < -0.4 is 5.73 Å². The summed E-state index contributed by atoms with van der Waals surface area (Å²) in [4.78, 5) is 0. The second-order valence-corrected chi connectivity index (χ2v) is 4.58. The molecule has 0 aromatic carbocycles. The van der Waals surface area contributed by atoms with E-state index in [4.69, 9.17) is 15.6 Å². The van der Waals surface area contributed by atoms with Crippen molar-refractivity contribution in [2.75, 3.05) is 19.8 Å². The minimum atomic E-state index is -0.0496. The Balaban J connectivity index is 2.29. The largest absolute Gasteiger partial charge is 0.396 e. The van der Waals surface area contributed by atoms with Crippen LogP contribution in [0.2, 0.25) is 0 Å². The zero-order valence-corrected chi connectivity index (χ0v) is 9.71. The molecule has 0 heterocycles. The molecular weight excluding hydrogens is 190 g/mol. The molecule has 0 bridgehead atoms. The van der Waals surface area contributed by atoms with Gasteiger partial charge >= 0.3 is 0 Å². The van der Waals surface area contributed by atoms with E-state index in [1.807, 2.05) is 0 Å². The third-order valence-corrected chi connectivity index (χ3v) is 3.35. The standard InChI is InChI=1S/C12H25NO2/c13-11-12(15-10-6-5-9-14)7-3-1-2-4-8-12/h14H,1-11,13H2. The highest BCUT2D eigenvalue weighted by Crippen LogP contribution is 2.29. The molecule has 0 atom stereocenters. The third-order valence-electron chi connectivity index (χ3n) is 3.35. The van der Waals surface area contributed by atoms with E-state index < -0.39 is 0 Å². The number of aliphatic hydroxyl groups is 1. The van der Waals surface area contributed by atoms with Crippen molar-refractivity contribution in [3.8, 4) is 0 Å². The zero-order chi connectivity index (χ0) is 11.0. The van der Waals surface area contributed by atoms with Crippen LogP contribution in [0.3, 0.4) is 0 Å². The summed E-state index contributed by atoms with van der Waals surface area (Å²) in [6.45, 7) is 1.66. The van der Waals surface area contributed by atoms with Crippen molar-refractivity contribution >= 4 is 0 Å². The van der Waals surface area contributed by atoms with Gasteiger partial charge in [0.25, 0.3) is 0 Å². The fraction of sp³-hybridized carbons (Fsp3) is 1.00. The molecule has 1 rings (SSSR count). The smallest absolute Gasteiger partial charge is 0.0804 e. The molecule has 0 spiro atoms. The Kier molecular flexibility index (Phi) is 6.22. The Bertz CT molecular complexity index is 154. The molecule has 0 saturated heterocycles. The molecule has 1 fully saturated rings. The van der Waals surface area contributed by atoms with Gasteiger partial charge in [-0.25, -0.2) is 0 Å². The molecule has 15 heavy (non-hydrogen) atoms. The average molecular weight is 215 g/mol. The van der Waals surface area contributed by atoms with Crippen molar-refractivity contribution in [2.45, 2.75) is 57.0 Å². The SMILES string of the molecule is NCC1(OCCCCO)CCCCCC1. The topological polar surface area (TPSA) is 55.5 Å². The lowest BCUT2D eigenvalue weighted by Crippen LogP contribution is -2.40. The number of hydrogen-bond donors (Lipinski definition) is 2. The second-order valence-electron chi connectivity index (χ2n) is 4.58. The summed E-state index contributed by atoms with van der Waals surface area (Å²) in [6, 6.07) is 0. The minimum absolute atomic E-state index is 0.0496. The van der Waals surface area contributed by atoms with Gasteiger partial charge in [-0.1, -0.05) is 25.7 Å². The van der Waals surface area contributed by atoms with Gasteiger partial charge in [0.05, 0.1) is 5.60 Å². The van der Waals surface area contributed by atoms with Crippen LogP contribution in [0.4, 0.5) is 0 Å². The van der Waals surface area contributed by atoms with Crippen LogP contribution in [0.5, 0.6) is 0 Å². The summed E-state index contributed by atoms with van der Waals surface area (Å²) in [6.07, 6.45) is 9.14. The predicted molar refractivity (Wildman–Crippen MR) is 61.8 cm³/mol. The van der Waals surface area contributed by atoms with Gasteiger partial charge in [-0.05, 0) is 25.7 Å². The number of ether oxygens (including phenoxy) is 1. The molecule has 1 aliphatic carbocycles. The van der Waals surface area contributed by atoms with Crippen molar-refractivity contribution in [3.05, 3.63) is 0 Å². The van der Waals surface area contributed by atoms with Crippen molar-refractivity contribution < 1.29 is 9.84 Å². The molecule has 0 aromatic rings. The van der Waals surface area contributed by atoms with Crippen molar-refractivity contribution in [1.29, 1.82) is 0 Å². The van der Waals surface area contributed by atoms with Gasteiger partial charge in [0.2, 0.25) is 0 Å². The highest BCUT2D eigenvalue weighted by atomic mass is 16.5. The first kappa shape index (κ1) is 12.9. The number of unbranched alkanes of at least 4 members (excludes halogenated alkanes) is 1. The Morgan fingerprint density at radius 1 is 1.07 bits per heavy atom. The molecule has 90 valence electrons. The Morgan fingerprint density at radius 2 is 1.73 bits per heavy atom. The van der Waals surface area contributed by atoms with Gasteiger partial charge in [-0.15, -0.1) is 0 Å². The highest BCUT2D eigenvalue weighted by molar-refractivity contribution is 4.84. The van der Waals surface area contributed by atoms with E-state index in [1.54, 1.807) is 0 Å². The summed E-state index contributed by atoms with van der Waals surface area (Å²) >= 11 is 0. The molecule has 0 radical (unpaired) electrons. The van der Waals surface area contributed by atoms with E-state index in [0.29, 0.717) is 6.54 Å². The lowest BCUT2D eigenvalue weighted by Gasteiger charge is -2.31. The Hall–Kier alpha value is -0.120. The summed E-state index contributed by atoms with van der Waals surface area (Å²) in [5.74, 6) is 0. The summed E-state index contributed by atoms with van der Waals surface area (Å²) < 4.78 is 5.97. The van der Waals surface area contributed by atoms with Crippen LogP contribution in [0, 0.1) is 0 Å². The first-order valence-electron chi connectivity index (χ1n) is 6.28. The zero-order valence-electron chi connectivity index (χ0n) is 9.71. The fourth-order valence-corrected chi connectivity index (χ4v) is 2.28. The maximum atomic E-state index is 8.69. The number of hydrogen-bond acceptors (Lipinski definition) is 3. The molecule has 0 unspecified atom stereocenters. The summed E-state index contributed by atoms with van der Waals surface area (Å²) in [7, 11) is 0. The lowest BCUT2D eigenvalue weighted by molar-refractivity contribution is -0.0514. The fourth-order valence-electron chi connectivity index (χ4n) is 2.28. The average Bonchev–Trinajstić information content (AvgIpc) is 2.51. The van der Waals surface area contributed by atoms with E-state index in [-0.39, 0.29) is 12.2 Å². The van der Waals surface area contributed by atoms with Crippen LogP contribution >= 0.6 is 0 Å². The van der Waals surface area contributed by atoms with Crippen molar-refractivity contribution in [2.24, 2.45) is 5.73 Å². The molecule has 0 amide bonds. The molecule has 3 N–H and O–H groups in total. The van der Waals surface area contributed by atoms with E-state index in [2.05, 4.69) is 0 Å². The Labute approximate surface area is 93.0 Å².